The van der Waals surface area contributed by atoms with Crippen LogP contribution in [0, 0.1) is 0 Å². The minimum absolute atomic E-state index is 0.118. The molecule has 2 aromatic heterocycles. The molecule has 0 saturated heterocycles. The molecule has 4 nitrogen and oxygen atoms in total. The van der Waals surface area contributed by atoms with Gasteiger partial charge in [-0.25, -0.2) is 4.98 Å². The van der Waals surface area contributed by atoms with Crippen molar-refractivity contribution >= 4 is 33.3 Å². The fourth-order valence-corrected chi connectivity index (χ4v) is 6.26. The molecule has 0 bridgehead atoms. The average molecular weight is 457 g/mol. The van der Waals surface area contributed by atoms with Crippen LogP contribution in [0.3, 0.4) is 0 Å². The Kier molecular flexibility index (Phi) is 7.19. The van der Waals surface area contributed by atoms with E-state index in [0.29, 0.717) is 13.2 Å². The van der Waals surface area contributed by atoms with Crippen LogP contribution >= 0.6 is 23.1 Å². The SMILES string of the molecule is CCCCCCSc1nc2sc3c(c2c(=O)n1CCc1ccccc1)CC(C)(C)OC3. The molecule has 1 aliphatic rings. The van der Waals surface area contributed by atoms with Gasteiger partial charge in [-0.3, -0.25) is 9.36 Å². The molecule has 0 fully saturated rings. The van der Waals surface area contributed by atoms with E-state index >= 15 is 0 Å². The predicted molar refractivity (Wildman–Crippen MR) is 131 cm³/mol. The van der Waals surface area contributed by atoms with E-state index in [2.05, 4.69) is 45.0 Å². The van der Waals surface area contributed by atoms with Crippen molar-refractivity contribution in [3.05, 3.63) is 56.7 Å². The molecule has 0 unspecified atom stereocenters. The molecule has 6 heteroatoms. The molecule has 3 aromatic rings. The van der Waals surface area contributed by atoms with Gasteiger partial charge in [-0.15, -0.1) is 11.3 Å². The minimum atomic E-state index is -0.241. The Morgan fingerprint density at radius 1 is 1.19 bits per heavy atom. The molecule has 31 heavy (non-hydrogen) atoms. The van der Waals surface area contributed by atoms with Crippen LogP contribution in [0.2, 0.25) is 0 Å². The largest absolute Gasteiger partial charge is 0.370 e. The number of hydrogen-bond acceptors (Lipinski definition) is 5. The van der Waals surface area contributed by atoms with Crippen molar-refractivity contribution < 1.29 is 4.74 Å². The summed E-state index contributed by atoms with van der Waals surface area (Å²) in [7, 11) is 0. The first kappa shape index (κ1) is 22.6. The molecule has 1 aliphatic heterocycles. The van der Waals surface area contributed by atoms with Crippen molar-refractivity contribution in [1.82, 2.24) is 9.55 Å². The Balaban J connectivity index is 1.68. The molecule has 0 radical (unpaired) electrons. The van der Waals surface area contributed by atoms with Crippen LogP contribution < -0.4 is 5.56 Å². The number of nitrogens with zero attached hydrogens (tertiary/aromatic N) is 2. The summed E-state index contributed by atoms with van der Waals surface area (Å²) in [5, 5.41) is 1.68. The minimum Gasteiger partial charge on any atom is -0.370 e. The lowest BCUT2D eigenvalue weighted by molar-refractivity contribution is -0.0379. The van der Waals surface area contributed by atoms with Gasteiger partial charge in [0, 0.05) is 23.6 Å². The van der Waals surface area contributed by atoms with Gasteiger partial charge in [0.1, 0.15) is 4.83 Å². The van der Waals surface area contributed by atoms with E-state index in [9.17, 15) is 4.79 Å². The molecule has 1 aromatic carbocycles. The van der Waals surface area contributed by atoms with E-state index in [1.54, 1.807) is 23.1 Å². The molecular formula is C25H32N2O2S2. The van der Waals surface area contributed by atoms with Crippen LogP contribution in [0.4, 0.5) is 0 Å². The predicted octanol–water partition coefficient (Wildman–Crippen LogP) is 6.22. The third-order valence-corrected chi connectivity index (χ3v) is 8.01. The molecule has 0 amide bonds. The second kappa shape index (κ2) is 9.88. The highest BCUT2D eigenvalue weighted by atomic mass is 32.2. The molecule has 0 atom stereocenters. The third kappa shape index (κ3) is 5.24. The Morgan fingerprint density at radius 3 is 2.77 bits per heavy atom. The van der Waals surface area contributed by atoms with Gasteiger partial charge >= 0.3 is 0 Å². The standard InChI is InChI=1S/C25H32N2O2S2/c1-4-5-6-10-15-30-24-26-22-21(19-16-25(2,3)29-17-20(19)31-22)23(28)27(24)14-13-18-11-8-7-9-12-18/h7-9,11-12H,4-6,10,13-17H2,1-3H3. The number of thioether (sulfide) groups is 1. The van der Waals surface area contributed by atoms with Gasteiger partial charge in [-0.2, -0.15) is 0 Å². The van der Waals surface area contributed by atoms with Crippen molar-refractivity contribution in [2.24, 2.45) is 0 Å². The lowest BCUT2D eigenvalue weighted by Crippen LogP contribution is -2.32. The molecule has 166 valence electrons. The van der Waals surface area contributed by atoms with Gasteiger partial charge in [-0.1, -0.05) is 68.3 Å². The van der Waals surface area contributed by atoms with E-state index in [-0.39, 0.29) is 11.2 Å². The maximum Gasteiger partial charge on any atom is 0.263 e. The van der Waals surface area contributed by atoms with Crippen LogP contribution in [0.1, 0.15) is 62.5 Å². The van der Waals surface area contributed by atoms with Crippen molar-refractivity contribution in [1.29, 1.82) is 0 Å². The molecular weight excluding hydrogens is 424 g/mol. The van der Waals surface area contributed by atoms with E-state index in [0.717, 1.165) is 46.0 Å². The highest BCUT2D eigenvalue weighted by molar-refractivity contribution is 7.99. The normalized spacial score (nSPS) is 15.3. The van der Waals surface area contributed by atoms with Crippen molar-refractivity contribution in [3.8, 4) is 0 Å². The molecule has 0 spiro atoms. The number of hydrogen-bond donors (Lipinski definition) is 0. The third-order valence-electron chi connectivity index (χ3n) is 5.85. The van der Waals surface area contributed by atoms with Gasteiger partial charge in [0.2, 0.25) is 0 Å². The first-order valence-corrected chi connectivity index (χ1v) is 13.1. The summed E-state index contributed by atoms with van der Waals surface area (Å²) in [5.74, 6) is 1.00. The van der Waals surface area contributed by atoms with E-state index in [1.807, 2.05) is 10.6 Å². The molecule has 0 saturated carbocycles. The number of fused-ring (bicyclic) bond motifs is 3. The second-order valence-corrected chi connectivity index (χ2v) is 11.1. The summed E-state index contributed by atoms with van der Waals surface area (Å²) in [6.07, 6.45) is 6.49. The van der Waals surface area contributed by atoms with E-state index < -0.39 is 0 Å². The molecule has 3 heterocycles. The number of ether oxygens (including phenoxy) is 1. The first-order valence-electron chi connectivity index (χ1n) is 11.3. The van der Waals surface area contributed by atoms with Gasteiger partial charge in [0.05, 0.1) is 17.6 Å². The lowest BCUT2D eigenvalue weighted by Gasteiger charge is -2.29. The van der Waals surface area contributed by atoms with Crippen LogP contribution in [-0.2, 0) is 30.7 Å². The first-order chi connectivity index (χ1) is 15.0. The average Bonchev–Trinajstić information content (AvgIpc) is 3.10. The topological polar surface area (TPSA) is 44.1 Å². The van der Waals surface area contributed by atoms with E-state index in [4.69, 9.17) is 9.72 Å². The lowest BCUT2D eigenvalue weighted by atomic mass is 9.94. The van der Waals surface area contributed by atoms with Crippen molar-refractivity contribution in [3.63, 3.8) is 0 Å². The fraction of sp³-hybridized carbons (Fsp3) is 0.520. The van der Waals surface area contributed by atoms with Gasteiger partial charge < -0.3 is 4.74 Å². The van der Waals surface area contributed by atoms with Gasteiger partial charge in [0.15, 0.2) is 5.16 Å². The summed E-state index contributed by atoms with van der Waals surface area (Å²) in [6, 6.07) is 10.4. The summed E-state index contributed by atoms with van der Waals surface area (Å²) >= 11 is 3.37. The van der Waals surface area contributed by atoms with Crippen molar-refractivity contribution in [2.45, 2.75) is 83.2 Å². The number of rotatable bonds is 9. The second-order valence-electron chi connectivity index (χ2n) is 8.90. The summed E-state index contributed by atoms with van der Waals surface area (Å²) < 4.78 is 7.92. The Morgan fingerprint density at radius 2 is 2.00 bits per heavy atom. The van der Waals surface area contributed by atoms with Gasteiger partial charge in [0.25, 0.3) is 5.56 Å². The number of benzene rings is 1. The molecule has 4 rings (SSSR count). The monoisotopic (exact) mass is 456 g/mol. The zero-order valence-corrected chi connectivity index (χ0v) is 20.4. The van der Waals surface area contributed by atoms with Gasteiger partial charge in [-0.05, 0) is 37.8 Å². The summed E-state index contributed by atoms with van der Waals surface area (Å²) in [6.45, 7) is 7.66. The number of thiophene rings is 1. The highest BCUT2D eigenvalue weighted by Gasteiger charge is 2.31. The number of aryl methyl sites for hydroxylation is 1. The molecule has 0 aliphatic carbocycles. The Hall–Kier alpha value is -1.63. The number of aromatic nitrogens is 2. The van der Waals surface area contributed by atoms with Crippen LogP contribution in [0.5, 0.6) is 0 Å². The smallest absolute Gasteiger partial charge is 0.263 e. The maximum atomic E-state index is 13.7. The quantitative estimate of drug-likeness (QED) is 0.218. The summed E-state index contributed by atoms with van der Waals surface area (Å²) in [5.41, 5.74) is 2.28. The van der Waals surface area contributed by atoms with E-state index in [1.165, 1.54) is 29.7 Å². The fourth-order valence-electron chi connectivity index (χ4n) is 4.09. The van der Waals surface area contributed by atoms with Crippen LogP contribution in [0.15, 0.2) is 40.3 Å². The summed E-state index contributed by atoms with van der Waals surface area (Å²) in [4.78, 5) is 20.8. The zero-order valence-electron chi connectivity index (χ0n) is 18.8. The zero-order chi connectivity index (χ0) is 21.8. The van der Waals surface area contributed by atoms with Crippen molar-refractivity contribution in [2.75, 3.05) is 5.75 Å². The highest BCUT2D eigenvalue weighted by Crippen LogP contribution is 2.37. The van der Waals surface area contributed by atoms with Crippen LogP contribution in [-0.4, -0.2) is 20.9 Å². The number of unbranched alkanes of at least 4 members (excludes halogenated alkanes) is 3. The maximum absolute atomic E-state index is 13.7. The Labute approximate surface area is 193 Å². The van der Waals surface area contributed by atoms with Crippen LogP contribution in [0.25, 0.3) is 10.2 Å². The molecule has 0 N–H and O–H groups in total. The Bertz CT molecular complexity index is 1090.